The fraction of sp³-hybridized carbons (Fsp3) is 0.0556. The number of Topliss-reactive ketones (excluding diaryl/α,β-unsaturated/α-hetero) is 1. The van der Waals surface area contributed by atoms with Crippen LogP contribution < -0.4 is 10.6 Å². The molecule has 0 unspecified atom stereocenters. The molecule has 2 N–H and O–H groups in total. The number of methoxy groups -OCH3 is 1. The molecule has 0 radical (unpaired) electrons. The number of hydrogen-bond donors (Lipinski definition) is 2. The summed E-state index contributed by atoms with van der Waals surface area (Å²) in [6.07, 6.45) is 0. The Labute approximate surface area is 151 Å². The molecule has 0 aliphatic carbocycles. The molecule has 6 nitrogen and oxygen atoms in total. The molecule has 2 heterocycles. The minimum Gasteiger partial charge on any atom is -0.465 e. The molecule has 4 rings (SSSR count). The van der Waals surface area contributed by atoms with Crippen molar-refractivity contribution in [2.75, 3.05) is 17.7 Å². The summed E-state index contributed by atoms with van der Waals surface area (Å²) in [7, 11) is 1.28. The number of benzene rings is 2. The summed E-state index contributed by atoms with van der Waals surface area (Å²) in [4.78, 5) is 36.9. The van der Waals surface area contributed by atoms with Crippen LogP contribution in [0.5, 0.6) is 0 Å². The van der Waals surface area contributed by atoms with Crippen molar-refractivity contribution in [2.24, 2.45) is 0 Å². The van der Waals surface area contributed by atoms with Gasteiger partial charge in [-0.25, -0.2) is 4.79 Å². The van der Waals surface area contributed by atoms with Gasteiger partial charge in [-0.3, -0.25) is 9.59 Å². The van der Waals surface area contributed by atoms with Gasteiger partial charge in [0.25, 0.3) is 5.91 Å². The Hall–Kier alpha value is -2.93. The normalized spacial score (nSPS) is 17.7. The van der Waals surface area contributed by atoms with Crippen LogP contribution in [0.4, 0.5) is 11.4 Å². The Balaban J connectivity index is 1.83. The predicted octanol–water partition coefficient (Wildman–Crippen LogP) is 3.21. The van der Waals surface area contributed by atoms with Crippen LogP contribution in [0.1, 0.15) is 26.3 Å². The number of allylic oxidation sites excluding steroid dienone is 1. The number of hydrogen-bond acceptors (Lipinski definition) is 5. The number of anilines is 2. The van der Waals surface area contributed by atoms with Crippen LogP contribution in [0.25, 0.3) is 5.57 Å². The second kappa shape index (κ2) is 5.56. The highest BCUT2D eigenvalue weighted by atomic mass is 79.9. The second-order valence-corrected chi connectivity index (χ2v) is 6.52. The number of ketones is 1. The van der Waals surface area contributed by atoms with Crippen LogP contribution in [0.2, 0.25) is 0 Å². The van der Waals surface area contributed by atoms with E-state index in [9.17, 15) is 14.4 Å². The van der Waals surface area contributed by atoms with Gasteiger partial charge in [0.1, 0.15) is 5.70 Å². The molecule has 0 aromatic heterocycles. The summed E-state index contributed by atoms with van der Waals surface area (Å²) in [5, 5.41) is 5.76. The van der Waals surface area contributed by atoms with Crippen molar-refractivity contribution in [2.45, 2.75) is 0 Å². The third kappa shape index (κ3) is 2.35. The van der Waals surface area contributed by atoms with Crippen LogP contribution in [0, 0.1) is 0 Å². The largest absolute Gasteiger partial charge is 0.465 e. The van der Waals surface area contributed by atoms with E-state index in [2.05, 4.69) is 31.3 Å². The topological polar surface area (TPSA) is 84.5 Å². The molecule has 7 heteroatoms. The first-order valence-electron chi connectivity index (χ1n) is 7.39. The van der Waals surface area contributed by atoms with Gasteiger partial charge in [0, 0.05) is 21.3 Å². The van der Waals surface area contributed by atoms with Gasteiger partial charge in [-0.1, -0.05) is 22.0 Å². The van der Waals surface area contributed by atoms with E-state index in [1.54, 1.807) is 24.3 Å². The molecule has 2 aromatic carbocycles. The Kier molecular flexibility index (Phi) is 3.47. The molecule has 0 fully saturated rings. The van der Waals surface area contributed by atoms with E-state index in [0.29, 0.717) is 28.1 Å². The van der Waals surface area contributed by atoms with Crippen LogP contribution in [-0.4, -0.2) is 24.8 Å². The van der Waals surface area contributed by atoms with Gasteiger partial charge in [-0.2, -0.15) is 0 Å². The lowest BCUT2D eigenvalue weighted by Crippen LogP contribution is -2.11. The van der Waals surface area contributed by atoms with E-state index >= 15 is 0 Å². The van der Waals surface area contributed by atoms with Crippen LogP contribution in [-0.2, 0) is 9.53 Å². The molecule has 0 saturated carbocycles. The lowest BCUT2D eigenvalue weighted by molar-refractivity contribution is -0.110. The molecular formula is C18H11BrN2O4. The molecule has 2 aliphatic heterocycles. The standard InChI is InChI=1S/C18H11BrN2O4/c1-25-18(24)8-2-5-12-11(6-8)16(22)15(20-12)14-10-4-3-9(19)7-13(10)21-17(14)23/h2-7,20H,1H3,(H,21,23)/b15-14-. The SMILES string of the molecule is COC(=O)c1ccc2c(c1)C(=O)/C(=C1/C(=O)Nc3cc(Br)ccc31)N2. The molecule has 0 atom stereocenters. The Morgan fingerprint density at radius 3 is 2.56 bits per heavy atom. The number of nitrogens with one attached hydrogen (secondary N) is 2. The Bertz CT molecular complexity index is 1010. The Morgan fingerprint density at radius 1 is 1.00 bits per heavy atom. The summed E-state index contributed by atoms with van der Waals surface area (Å²) in [6, 6.07) is 10.0. The monoisotopic (exact) mass is 398 g/mol. The van der Waals surface area contributed by atoms with Gasteiger partial charge in [0.15, 0.2) is 0 Å². The van der Waals surface area contributed by atoms with Crippen molar-refractivity contribution in [1.82, 2.24) is 0 Å². The van der Waals surface area contributed by atoms with Gasteiger partial charge in [-0.15, -0.1) is 0 Å². The molecule has 25 heavy (non-hydrogen) atoms. The molecule has 124 valence electrons. The van der Waals surface area contributed by atoms with E-state index in [4.69, 9.17) is 0 Å². The highest BCUT2D eigenvalue weighted by Gasteiger charge is 2.35. The van der Waals surface area contributed by atoms with Gasteiger partial charge in [0.05, 0.1) is 23.9 Å². The van der Waals surface area contributed by atoms with E-state index in [1.165, 1.54) is 13.2 Å². The first kappa shape index (κ1) is 15.6. The molecule has 1 amide bonds. The number of esters is 1. The lowest BCUT2D eigenvalue weighted by Gasteiger charge is -2.03. The van der Waals surface area contributed by atoms with Crippen molar-refractivity contribution in [3.63, 3.8) is 0 Å². The fourth-order valence-electron chi connectivity index (χ4n) is 2.98. The number of halogens is 1. The second-order valence-electron chi connectivity index (χ2n) is 5.60. The van der Waals surface area contributed by atoms with Crippen molar-refractivity contribution in [3.05, 3.63) is 63.3 Å². The number of fused-ring (bicyclic) bond motifs is 2. The quantitative estimate of drug-likeness (QED) is 0.569. The number of ether oxygens (including phenoxy) is 1. The molecule has 2 aliphatic rings. The van der Waals surface area contributed by atoms with Gasteiger partial charge in [-0.05, 0) is 30.3 Å². The third-order valence-electron chi connectivity index (χ3n) is 4.15. The van der Waals surface area contributed by atoms with Gasteiger partial charge < -0.3 is 15.4 Å². The molecule has 0 spiro atoms. The zero-order valence-electron chi connectivity index (χ0n) is 13.0. The number of carbonyl (C=O) groups excluding carboxylic acids is 3. The van der Waals surface area contributed by atoms with E-state index in [1.807, 2.05) is 6.07 Å². The number of carbonyl (C=O) groups is 3. The maximum Gasteiger partial charge on any atom is 0.337 e. The minimum absolute atomic E-state index is 0.204. The molecule has 0 bridgehead atoms. The summed E-state index contributed by atoms with van der Waals surface area (Å²) in [6.45, 7) is 0. The molecular weight excluding hydrogens is 388 g/mol. The van der Waals surface area contributed by atoms with Gasteiger partial charge in [0.2, 0.25) is 5.78 Å². The first-order chi connectivity index (χ1) is 12.0. The molecule has 0 saturated heterocycles. The lowest BCUT2D eigenvalue weighted by atomic mass is 10.0. The highest BCUT2D eigenvalue weighted by Crippen LogP contribution is 2.39. The zero-order chi connectivity index (χ0) is 17.7. The third-order valence-corrected chi connectivity index (χ3v) is 4.64. The number of rotatable bonds is 1. The van der Waals surface area contributed by atoms with Crippen LogP contribution in [0.3, 0.4) is 0 Å². The molecule has 2 aromatic rings. The fourth-order valence-corrected chi connectivity index (χ4v) is 3.34. The van der Waals surface area contributed by atoms with E-state index in [0.717, 1.165) is 4.47 Å². The number of amides is 1. The maximum atomic E-state index is 12.8. The van der Waals surface area contributed by atoms with Crippen molar-refractivity contribution >= 4 is 50.5 Å². The highest BCUT2D eigenvalue weighted by molar-refractivity contribution is 9.10. The zero-order valence-corrected chi connectivity index (χ0v) is 14.6. The summed E-state index contributed by atoms with van der Waals surface area (Å²) < 4.78 is 5.51. The van der Waals surface area contributed by atoms with Crippen LogP contribution >= 0.6 is 15.9 Å². The van der Waals surface area contributed by atoms with Crippen molar-refractivity contribution < 1.29 is 19.1 Å². The summed E-state index contributed by atoms with van der Waals surface area (Å²) in [5.41, 5.74) is 2.97. The van der Waals surface area contributed by atoms with Gasteiger partial charge >= 0.3 is 5.97 Å². The van der Waals surface area contributed by atoms with E-state index < -0.39 is 5.97 Å². The maximum absolute atomic E-state index is 12.8. The van der Waals surface area contributed by atoms with Crippen molar-refractivity contribution in [3.8, 4) is 0 Å². The van der Waals surface area contributed by atoms with Crippen molar-refractivity contribution in [1.29, 1.82) is 0 Å². The summed E-state index contributed by atoms with van der Waals surface area (Å²) in [5.74, 6) is -1.20. The Morgan fingerprint density at radius 2 is 1.80 bits per heavy atom. The average Bonchev–Trinajstić information content (AvgIpc) is 3.09. The first-order valence-corrected chi connectivity index (χ1v) is 8.18. The minimum atomic E-state index is -0.523. The predicted molar refractivity (Wildman–Crippen MR) is 95.4 cm³/mol. The van der Waals surface area contributed by atoms with E-state index in [-0.39, 0.29) is 23.0 Å². The van der Waals surface area contributed by atoms with Crippen LogP contribution in [0.15, 0.2) is 46.6 Å². The average molecular weight is 399 g/mol. The summed E-state index contributed by atoms with van der Waals surface area (Å²) >= 11 is 3.36. The smallest absolute Gasteiger partial charge is 0.337 e.